The second kappa shape index (κ2) is 11.3. The van der Waals surface area contributed by atoms with Gasteiger partial charge in [0.15, 0.2) is 5.75 Å². The monoisotopic (exact) mass is 510 g/mol. The fourth-order valence-corrected chi connectivity index (χ4v) is 4.22. The first kappa shape index (κ1) is 27.5. The summed E-state index contributed by atoms with van der Waals surface area (Å²) in [6, 6.07) is 8.31. The van der Waals surface area contributed by atoms with Crippen molar-refractivity contribution in [2.45, 2.75) is 52.7 Å². The zero-order chi connectivity index (χ0) is 27.4. The van der Waals surface area contributed by atoms with E-state index in [1.54, 1.807) is 44.2 Å². The second-order valence-electron chi connectivity index (χ2n) is 9.52. The van der Waals surface area contributed by atoms with Gasteiger partial charge in [0.25, 0.3) is 0 Å². The number of nitrogens with zero attached hydrogens (tertiary/aromatic N) is 1. The lowest BCUT2D eigenvalue weighted by Crippen LogP contribution is -2.45. The van der Waals surface area contributed by atoms with Crippen LogP contribution >= 0.6 is 0 Å². The molecule has 0 unspecified atom stereocenters. The van der Waals surface area contributed by atoms with Gasteiger partial charge >= 0.3 is 5.97 Å². The molecule has 1 aliphatic rings. The fourth-order valence-electron chi connectivity index (χ4n) is 4.22. The lowest BCUT2D eigenvalue weighted by Gasteiger charge is -2.29. The van der Waals surface area contributed by atoms with Gasteiger partial charge in [0.05, 0.1) is 29.1 Å². The smallest absolute Gasteiger partial charge is 0.308 e. The molecule has 37 heavy (non-hydrogen) atoms. The number of aromatic hydroxyl groups is 2. The van der Waals surface area contributed by atoms with Crippen molar-refractivity contribution < 1.29 is 38.9 Å². The summed E-state index contributed by atoms with van der Waals surface area (Å²) in [7, 11) is 0. The van der Waals surface area contributed by atoms with Crippen molar-refractivity contribution in [2.75, 3.05) is 5.32 Å². The Kier molecular flexibility index (Phi) is 8.42. The molecule has 2 aromatic rings. The third-order valence-corrected chi connectivity index (χ3v) is 6.37. The molecule has 1 aromatic heterocycles. The van der Waals surface area contributed by atoms with Gasteiger partial charge in [-0.3, -0.25) is 24.0 Å². The van der Waals surface area contributed by atoms with Gasteiger partial charge < -0.3 is 20.3 Å². The number of Topliss-reactive ketones (excluding diaryl/α,β-unsaturated/α-hetero) is 4. The quantitative estimate of drug-likeness (QED) is 0.389. The maximum Gasteiger partial charge on any atom is 0.308 e. The van der Waals surface area contributed by atoms with Crippen molar-refractivity contribution in [3.8, 4) is 11.6 Å². The van der Waals surface area contributed by atoms with Crippen molar-refractivity contribution in [3.05, 3.63) is 47.7 Å². The summed E-state index contributed by atoms with van der Waals surface area (Å²) < 4.78 is 5.60. The number of ether oxygens (including phenoxy) is 1. The number of benzene rings is 1. The number of aromatic nitrogens is 1. The molecule has 3 N–H and O–H groups in total. The third kappa shape index (κ3) is 6.19. The molecule has 1 saturated carbocycles. The highest BCUT2D eigenvalue weighted by atomic mass is 16.5. The molecule has 1 heterocycles. The van der Waals surface area contributed by atoms with E-state index in [-0.39, 0.29) is 17.8 Å². The molecule has 1 aromatic carbocycles. The molecular weight excluding hydrogens is 480 g/mol. The van der Waals surface area contributed by atoms with Gasteiger partial charge in [0.1, 0.15) is 12.1 Å². The van der Waals surface area contributed by atoms with Gasteiger partial charge in [-0.25, -0.2) is 4.98 Å². The Bertz CT molecular complexity index is 1220. The molecule has 196 valence electrons. The van der Waals surface area contributed by atoms with Crippen LogP contribution < -0.4 is 5.32 Å². The number of ketones is 4. The van der Waals surface area contributed by atoms with E-state index >= 15 is 0 Å². The molecule has 1 fully saturated rings. The number of pyridine rings is 1. The number of esters is 1. The van der Waals surface area contributed by atoms with Gasteiger partial charge in [-0.2, -0.15) is 0 Å². The van der Waals surface area contributed by atoms with Gasteiger partial charge in [0, 0.05) is 12.5 Å². The van der Waals surface area contributed by atoms with E-state index in [0.29, 0.717) is 5.56 Å². The number of hydrogen-bond acceptors (Lipinski definition) is 10. The van der Waals surface area contributed by atoms with Crippen LogP contribution in [0.15, 0.2) is 36.4 Å². The molecule has 0 aliphatic heterocycles. The summed E-state index contributed by atoms with van der Waals surface area (Å²) in [6.45, 7) is 5.98. The van der Waals surface area contributed by atoms with E-state index in [1.165, 1.54) is 13.8 Å². The van der Waals surface area contributed by atoms with Crippen LogP contribution in [-0.4, -0.2) is 56.4 Å². The normalized spacial score (nSPS) is 22.8. The molecule has 0 bridgehead atoms. The summed E-state index contributed by atoms with van der Waals surface area (Å²) in [5.74, 6) is -8.28. The highest BCUT2D eigenvalue weighted by Crippen LogP contribution is 2.32. The zero-order valence-corrected chi connectivity index (χ0v) is 21.1. The molecular formula is C27H30N2O8. The van der Waals surface area contributed by atoms with Gasteiger partial charge in [0.2, 0.25) is 29.0 Å². The first-order chi connectivity index (χ1) is 17.4. The predicted octanol–water partition coefficient (Wildman–Crippen LogP) is 2.32. The Balaban J connectivity index is 2.05. The van der Waals surface area contributed by atoms with Gasteiger partial charge in [-0.05, 0) is 18.9 Å². The molecule has 0 radical (unpaired) electrons. The molecule has 4 atom stereocenters. The second-order valence-corrected chi connectivity index (χ2v) is 9.52. The van der Waals surface area contributed by atoms with Crippen molar-refractivity contribution in [1.29, 1.82) is 0 Å². The average molecular weight is 511 g/mol. The van der Waals surface area contributed by atoms with Gasteiger partial charge in [-0.1, -0.05) is 51.1 Å². The topological polar surface area (TPSA) is 160 Å². The number of anilines is 1. The van der Waals surface area contributed by atoms with Crippen molar-refractivity contribution in [3.63, 3.8) is 0 Å². The lowest BCUT2D eigenvalue weighted by atomic mass is 9.81. The van der Waals surface area contributed by atoms with Crippen LogP contribution in [0.3, 0.4) is 0 Å². The number of rotatable bonds is 6. The number of carbonyl (C=O) groups excluding carboxylic acids is 5. The summed E-state index contributed by atoms with van der Waals surface area (Å²) in [4.78, 5) is 69.4. The molecule has 10 nitrogen and oxygen atoms in total. The molecule has 1 aliphatic carbocycles. The Labute approximate surface area is 214 Å². The minimum Gasteiger partial charge on any atom is -0.504 e. The van der Waals surface area contributed by atoms with Crippen molar-refractivity contribution in [2.24, 2.45) is 17.8 Å². The van der Waals surface area contributed by atoms with Crippen LogP contribution in [0.4, 0.5) is 5.69 Å². The minimum absolute atomic E-state index is 0.0174. The summed E-state index contributed by atoms with van der Waals surface area (Å²) in [5, 5.41) is 22.7. The molecule has 10 heteroatoms. The number of carbonyl (C=O) groups is 5. The van der Waals surface area contributed by atoms with Crippen LogP contribution in [0.2, 0.25) is 0 Å². The number of hydrogen-bond donors (Lipinski definition) is 3. The Morgan fingerprint density at radius 2 is 1.73 bits per heavy atom. The van der Waals surface area contributed by atoms with Crippen LogP contribution in [0.5, 0.6) is 11.6 Å². The van der Waals surface area contributed by atoms with E-state index in [0.717, 1.165) is 6.07 Å². The highest BCUT2D eigenvalue weighted by Gasteiger charge is 2.46. The zero-order valence-electron chi connectivity index (χ0n) is 21.1. The van der Waals surface area contributed by atoms with Crippen LogP contribution in [0.1, 0.15) is 38.4 Å². The maximum absolute atomic E-state index is 13.5. The van der Waals surface area contributed by atoms with E-state index in [9.17, 15) is 34.2 Å². The van der Waals surface area contributed by atoms with Crippen LogP contribution in [0.25, 0.3) is 0 Å². The van der Waals surface area contributed by atoms with Crippen LogP contribution in [0, 0.1) is 24.7 Å². The predicted molar refractivity (Wildman–Crippen MR) is 132 cm³/mol. The minimum atomic E-state index is -1.50. The first-order valence-corrected chi connectivity index (χ1v) is 12.0. The van der Waals surface area contributed by atoms with Gasteiger partial charge in [-0.15, -0.1) is 0 Å². The first-order valence-electron chi connectivity index (χ1n) is 12.0. The van der Waals surface area contributed by atoms with E-state index in [1.807, 2.05) is 0 Å². The standard InChI is InChI=1S/C27H30N2O8/c1-13(2)27(36)37-26-14(3)22(32)25(35)18(29-19-12-21(31)28-15(4)23(19)33)11-20(30)24(34)17(26)10-16-8-6-5-7-9-16/h5-9,12-14,17-18,26,33H,10-11H2,1-4H3,(H2,28,29,31)/t14-,17+,18+,26-/m1/s1. The van der Waals surface area contributed by atoms with Crippen molar-refractivity contribution >= 4 is 34.8 Å². The molecule has 3 rings (SSSR count). The Morgan fingerprint density at radius 3 is 2.35 bits per heavy atom. The van der Waals surface area contributed by atoms with E-state index < -0.39 is 77.1 Å². The van der Waals surface area contributed by atoms with Crippen LogP contribution in [-0.2, 0) is 35.1 Å². The van der Waals surface area contributed by atoms with Crippen molar-refractivity contribution in [1.82, 2.24) is 4.98 Å². The molecule has 0 spiro atoms. The Hall–Kier alpha value is -4.08. The summed E-state index contributed by atoms with van der Waals surface area (Å²) in [6.07, 6.45) is -2.00. The highest BCUT2D eigenvalue weighted by molar-refractivity contribution is 6.44. The maximum atomic E-state index is 13.5. The third-order valence-electron chi connectivity index (χ3n) is 6.37. The number of aryl methyl sites for hydroxylation is 1. The SMILES string of the molecule is Cc1nc(O)cc(N[C@H]2CC(=O)C(=O)[C@H](Cc3ccccc3)[C@H](OC(=O)C(C)C)[C@H](C)C(=O)C2=O)c1O. The summed E-state index contributed by atoms with van der Waals surface area (Å²) >= 11 is 0. The fraction of sp³-hybridized carbons (Fsp3) is 0.407. The Morgan fingerprint density at radius 1 is 1.08 bits per heavy atom. The average Bonchev–Trinajstić information content (AvgIpc) is 2.88. The van der Waals surface area contributed by atoms with E-state index in [2.05, 4.69) is 10.3 Å². The van der Waals surface area contributed by atoms with E-state index in [4.69, 9.17) is 4.74 Å². The lowest BCUT2D eigenvalue weighted by molar-refractivity contribution is -0.163. The number of nitrogens with one attached hydrogen (secondary N) is 1. The summed E-state index contributed by atoms with van der Waals surface area (Å²) in [5.41, 5.74) is 0.599. The largest absolute Gasteiger partial charge is 0.504 e. The molecule has 0 saturated heterocycles. The molecule has 0 amide bonds.